The first-order valence-electron chi connectivity index (χ1n) is 17.9. The van der Waals surface area contributed by atoms with Crippen molar-refractivity contribution in [3.05, 3.63) is 204 Å². The molecule has 3 nitrogen and oxygen atoms in total. The summed E-state index contributed by atoms with van der Waals surface area (Å²) in [6, 6.07) is 66.6. The zero-order valence-corrected chi connectivity index (χ0v) is 28.1. The Hall–Kier alpha value is -6.84. The topological polar surface area (TPSA) is 17.4 Å². The maximum Gasteiger partial charge on any atom is 0.151 e. The Bertz CT molecular complexity index is 2930. The van der Waals surface area contributed by atoms with Crippen molar-refractivity contribution in [2.45, 2.75) is 5.41 Å². The summed E-state index contributed by atoms with van der Waals surface area (Å²) in [5.74, 6) is 1.71. The predicted molar refractivity (Wildman–Crippen MR) is 212 cm³/mol. The number of rotatable bonds is 2. The summed E-state index contributed by atoms with van der Waals surface area (Å²) in [5, 5.41) is 2.58. The first-order chi connectivity index (χ1) is 25.8. The van der Waals surface area contributed by atoms with Crippen LogP contribution in [-0.2, 0) is 5.41 Å². The van der Waals surface area contributed by atoms with Crippen molar-refractivity contribution in [2.24, 2.45) is 0 Å². The minimum Gasteiger partial charge on any atom is -0.453 e. The van der Waals surface area contributed by atoms with E-state index in [-0.39, 0.29) is 0 Å². The largest absolute Gasteiger partial charge is 0.453 e. The number of ether oxygens (including phenoxy) is 1. The highest BCUT2D eigenvalue weighted by Crippen LogP contribution is 2.61. The lowest BCUT2D eigenvalue weighted by molar-refractivity contribution is 0.477. The van der Waals surface area contributed by atoms with Crippen molar-refractivity contribution >= 4 is 38.9 Å². The van der Waals surface area contributed by atoms with Crippen LogP contribution < -0.4 is 9.64 Å². The molecule has 3 aliphatic rings. The van der Waals surface area contributed by atoms with Crippen molar-refractivity contribution in [1.82, 2.24) is 4.57 Å². The Morgan fingerprint density at radius 3 is 1.87 bits per heavy atom. The number of benzene rings is 8. The number of hydrogen-bond donors (Lipinski definition) is 0. The van der Waals surface area contributed by atoms with Gasteiger partial charge in [-0.15, -0.1) is 0 Å². The molecule has 0 bridgehead atoms. The summed E-state index contributed by atoms with van der Waals surface area (Å²) >= 11 is 0. The van der Waals surface area contributed by atoms with Gasteiger partial charge in [-0.3, -0.25) is 0 Å². The van der Waals surface area contributed by atoms with Gasteiger partial charge in [0.1, 0.15) is 0 Å². The molecule has 1 aromatic heterocycles. The van der Waals surface area contributed by atoms with Crippen molar-refractivity contribution in [3.63, 3.8) is 0 Å². The number of nitrogens with zero attached hydrogens (tertiary/aromatic N) is 2. The van der Waals surface area contributed by atoms with E-state index in [1.165, 1.54) is 72.0 Å². The smallest absolute Gasteiger partial charge is 0.151 e. The van der Waals surface area contributed by atoms with Crippen LogP contribution in [0.1, 0.15) is 22.3 Å². The molecule has 52 heavy (non-hydrogen) atoms. The maximum atomic E-state index is 6.34. The van der Waals surface area contributed by atoms with Gasteiger partial charge in [-0.1, -0.05) is 127 Å². The number of anilines is 3. The van der Waals surface area contributed by atoms with Crippen LogP contribution in [0.5, 0.6) is 11.5 Å². The Kier molecular flexibility index (Phi) is 5.43. The van der Waals surface area contributed by atoms with Gasteiger partial charge in [-0.25, -0.2) is 0 Å². The summed E-state index contributed by atoms with van der Waals surface area (Å²) in [6.45, 7) is 0. The summed E-state index contributed by atoms with van der Waals surface area (Å²) in [4.78, 5) is 2.32. The number of aromatic nitrogens is 1. The molecule has 8 aromatic carbocycles. The molecule has 1 atom stereocenters. The van der Waals surface area contributed by atoms with Crippen LogP contribution in [0.4, 0.5) is 17.1 Å². The van der Waals surface area contributed by atoms with Gasteiger partial charge in [0, 0.05) is 16.5 Å². The standard InChI is InChI=1S/C49H30N2O/c1-3-18-38-34(15-1)35-28-27-32(31-13-11-14-33(29-31)50-44-23-7-9-25-46(44)52-47-26-10-8-24-45(47)50)30-41(35)49(38)39-19-4-6-22-43(39)51-42-21-5-2-16-36(42)37-17-12-20-40(49)48(37)51/h1-30H. The number of para-hydroxylation sites is 7. The first kappa shape index (κ1) is 27.9. The van der Waals surface area contributed by atoms with Crippen molar-refractivity contribution in [2.75, 3.05) is 4.90 Å². The van der Waals surface area contributed by atoms with Crippen LogP contribution in [0.3, 0.4) is 0 Å². The van der Waals surface area contributed by atoms with Crippen LogP contribution in [-0.4, -0.2) is 4.57 Å². The van der Waals surface area contributed by atoms with Crippen molar-refractivity contribution < 1.29 is 4.74 Å². The van der Waals surface area contributed by atoms with Crippen LogP contribution in [0.15, 0.2) is 182 Å². The van der Waals surface area contributed by atoms with Crippen LogP contribution in [0.2, 0.25) is 0 Å². The van der Waals surface area contributed by atoms with Crippen molar-refractivity contribution in [1.29, 1.82) is 0 Å². The van der Waals surface area contributed by atoms with Gasteiger partial charge in [-0.05, 0) is 99.1 Å². The van der Waals surface area contributed by atoms with Gasteiger partial charge in [0.15, 0.2) is 11.5 Å². The zero-order valence-electron chi connectivity index (χ0n) is 28.1. The van der Waals surface area contributed by atoms with Gasteiger partial charge >= 0.3 is 0 Å². The second-order valence-corrected chi connectivity index (χ2v) is 14.1. The highest BCUT2D eigenvalue weighted by Gasteiger charge is 2.50. The number of fused-ring (bicyclic) bond motifs is 14. The van der Waals surface area contributed by atoms with E-state index in [1.54, 1.807) is 0 Å². The molecule has 1 spiro atoms. The molecule has 12 rings (SSSR count). The van der Waals surface area contributed by atoms with E-state index in [4.69, 9.17) is 4.74 Å². The van der Waals surface area contributed by atoms with E-state index >= 15 is 0 Å². The van der Waals surface area contributed by atoms with Gasteiger partial charge < -0.3 is 14.2 Å². The van der Waals surface area contributed by atoms with E-state index in [2.05, 4.69) is 167 Å². The second kappa shape index (κ2) is 10.1. The highest BCUT2D eigenvalue weighted by molar-refractivity contribution is 6.13. The molecule has 3 heteroatoms. The summed E-state index contributed by atoms with van der Waals surface area (Å²) < 4.78 is 8.85. The Balaban J connectivity index is 1.12. The minimum absolute atomic E-state index is 0.484. The normalized spacial score (nSPS) is 15.9. The molecule has 0 N–H and O–H groups in total. The van der Waals surface area contributed by atoms with E-state index < -0.39 is 5.41 Å². The van der Waals surface area contributed by atoms with E-state index in [0.717, 1.165) is 28.6 Å². The molecular weight excluding hydrogens is 633 g/mol. The molecule has 0 saturated carbocycles. The molecule has 1 unspecified atom stereocenters. The van der Waals surface area contributed by atoms with Gasteiger partial charge in [-0.2, -0.15) is 0 Å². The average Bonchev–Trinajstić information content (AvgIpc) is 3.70. The molecule has 0 amide bonds. The third kappa shape index (κ3) is 3.45. The quantitative estimate of drug-likeness (QED) is 0.183. The Labute approximate surface area is 301 Å². The van der Waals surface area contributed by atoms with Crippen LogP contribution >= 0.6 is 0 Å². The fourth-order valence-corrected chi connectivity index (χ4v) is 9.55. The lowest BCUT2D eigenvalue weighted by Gasteiger charge is -2.39. The molecule has 9 aromatic rings. The number of hydrogen-bond acceptors (Lipinski definition) is 2. The predicted octanol–water partition coefficient (Wildman–Crippen LogP) is 12.7. The molecule has 3 heterocycles. The fraction of sp³-hybridized carbons (Fsp3) is 0.0204. The SMILES string of the molecule is c1cc(-c2ccc3c(c2)C2(c4ccccc4-3)c3ccccc3-n3c4ccccc4c4cccc2c43)cc(N2c3ccccc3Oc3ccccc32)c1. The molecule has 0 fully saturated rings. The molecule has 2 aliphatic heterocycles. The maximum absolute atomic E-state index is 6.34. The lowest BCUT2D eigenvalue weighted by Crippen LogP contribution is -2.33. The zero-order chi connectivity index (χ0) is 34.0. The first-order valence-corrected chi connectivity index (χ1v) is 17.9. The van der Waals surface area contributed by atoms with Gasteiger partial charge in [0.2, 0.25) is 0 Å². The Morgan fingerprint density at radius 1 is 0.404 bits per heavy atom. The summed E-state index contributed by atoms with van der Waals surface area (Å²) in [5.41, 5.74) is 16.7. The van der Waals surface area contributed by atoms with Gasteiger partial charge in [0.25, 0.3) is 0 Å². The van der Waals surface area contributed by atoms with Crippen molar-refractivity contribution in [3.8, 4) is 39.4 Å². The molecule has 242 valence electrons. The molecule has 0 radical (unpaired) electrons. The molecule has 1 aliphatic carbocycles. The van der Waals surface area contributed by atoms with Gasteiger partial charge in [0.05, 0.1) is 33.5 Å². The fourth-order valence-electron chi connectivity index (χ4n) is 9.55. The average molecular weight is 663 g/mol. The molecule has 0 saturated heterocycles. The van der Waals surface area contributed by atoms with Crippen LogP contribution in [0.25, 0.3) is 49.7 Å². The second-order valence-electron chi connectivity index (χ2n) is 14.1. The van der Waals surface area contributed by atoms with E-state index in [0.29, 0.717) is 0 Å². The third-order valence-corrected chi connectivity index (χ3v) is 11.6. The van der Waals surface area contributed by atoms with E-state index in [1.807, 2.05) is 24.3 Å². The minimum atomic E-state index is -0.484. The summed E-state index contributed by atoms with van der Waals surface area (Å²) in [7, 11) is 0. The monoisotopic (exact) mass is 662 g/mol. The van der Waals surface area contributed by atoms with E-state index in [9.17, 15) is 0 Å². The third-order valence-electron chi connectivity index (χ3n) is 11.6. The highest BCUT2D eigenvalue weighted by atomic mass is 16.5. The molecular formula is C49H30N2O. The lowest BCUT2D eigenvalue weighted by atomic mass is 9.65. The Morgan fingerprint density at radius 2 is 1.02 bits per heavy atom. The summed E-state index contributed by atoms with van der Waals surface area (Å²) in [6.07, 6.45) is 0. The van der Waals surface area contributed by atoms with Crippen LogP contribution in [0, 0.1) is 0 Å².